The van der Waals surface area contributed by atoms with E-state index in [0.29, 0.717) is 13.1 Å². The topological polar surface area (TPSA) is 66.4 Å². The highest BCUT2D eigenvalue weighted by molar-refractivity contribution is 7.89. The van der Waals surface area contributed by atoms with E-state index in [1.807, 2.05) is 0 Å². The van der Waals surface area contributed by atoms with Crippen LogP contribution in [0.3, 0.4) is 0 Å². The van der Waals surface area contributed by atoms with Crippen molar-refractivity contribution in [2.24, 2.45) is 0 Å². The molecule has 2 aliphatic rings. The lowest BCUT2D eigenvalue weighted by molar-refractivity contribution is 0.381. The van der Waals surface area contributed by atoms with Crippen LogP contribution in [0.2, 0.25) is 0 Å². The summed E-state index contributed by atoms with van der Waals surface area (Å²) in [6.45, 7) is 1.20. The van der Waals surface area contributed by atoms with Crippen LogP contribution in [-0.4, -0.2) is 48.9 Å². The maximum Gasteiger partial charge on any atom is 0.246 e. The van der Waals surface area contributed by atoms with E-state index in [-0.39, 0.29) is 13.1 Å². The monoisotopic (exact) mass is 450 g/mol. The molecular weight excluding hydrogens is 430 g/mol. The minimum atomic E-state index is -4.11. The van der Waals surface area contributed by atoms with Gasteiger partial charge in [0.1, 0.15) is 33.5 Å². The number of piperazine rings is 1. The standard InChI is InChI=1S/C20H20F2N4O2S2/c21-13-5-6-15(22)17(11-13)30(27,28)26-9-7-25(8-10-26)19-18-14-3-1-2-4-16(14)29-20(18)24-12-23-19/h5-6,11-12H,1-4,7-10H2. The van der Waals surface area contributed by atoms with Gasteiger partial charge < -0.3 is 4.90 Å². The lowest BCUT2D eigenvalue weighted by Crippen LogP contribution is -2.49. The summed E-state index contributed by atoms with van der Waals surface area (Å²) in [4.78, 5) is 12.8. The Bertz CT molecular complexity index is 1220. The number of thiophene rings is 1. The van der Waals surface area contributed by atoms with E-state index in [1.54, 1.807) is 17.7 Å². The smallest absolute Gasteiger partial charge is 0.246 e. The molecule has 1 aliphatic heterocycles. The molecule has 6 nitrogen and oxygen atoms in total. The minimum Gasteiger partial charge on any atom is -0.353 e. The highest BCUT2D eigenvalue weighted by Crippen LogP contribution is 2.39. The summed E-state index contributed by atoms with van der Waals surface area (Å²) in [5.74, 6) is -0.881. The van der Waals surface area contributed by atoms with Crippen LogP contribution in [0.25, 0.3) is 10.2 Å². The largest absolute Gasteiger partial charge is 0.353 e. The first kappa shape index (κ1) is 19.8. The molecule has 0 N–H and O–H groups in total. The first-order chi connectivity index (χ1) is 14.4. The van der Waals surface area contributed by atoms with Crippen LogP contribution in [0.4, 0.5) is 14.6 Å². The molecule has 30 heavy (non-hydrogen) atoms. The van der Waals surface area contributed by atoms with E-state index in [2.05, 4.69) is 14.9 Å². The highest BCUT2D eigenvalue weighted by atomic mass is 32.2. The van der Waals surface area contributed by atoms with Crippen LogP contribution in [0.15, 0.2) is 29.4 Å². The summed E-state index contributed by atoms with van der Waals surface area (Å²) in [5.41, 5.74) is 1.33. The fourth-order valence-corrected chi connectivity index (χ4v) is 6.99. The third-order valence-electron chi connectivity index (χ3n) is 5.78. The van der Waals surface area contributed by atoms with Crippen molar-refractivity contribution >= 4 is 37.4 Å². The van der Waals surface area contributed by atoms with Crippen molar-refractivity contribution in [1.29, 1.82) is 0 Å². The van der Waals surface area contributed by atoms with E-state index in [9.17, 15) is 17.2 Å². The lowest BCUT2D eigenvalue weighted by Gasteiger charge is -2.35. The molecule has 2 aromatic heterocycles. The number of anilines is 1. The van der Waals surface area contributed by atoms with Gasteiger partial charge in [0.25, 0.3) is 0 Å². The van der Waals surface area contributed by atoms with Gasteiger partial charge in [-0.1, -0.05) is 0 Å². The predicted octanol–water partition coefficient (Wildman–Crippen LogP) is 3.36. The number of rotatable bonds is 3. The summed E-state index contributed by atoms with van der Waals surface area (Å²) in [6, 6.07) is 2.49. The number of fused-ring (bicyclic) bond motifs is 3. The Labute approximate surface area is 177 Å². The SMILES string of the molecule is O=S(=O)(c1cc(F)ccc1F)N1CCN(c2ncnc3sc4c(c23)CCCC4)CC1. The second-order valence-electron chi connectivity index (χ2n) is 7.55. The van der Waals surface area contributed by atoms with E-state index in [0.717, 1.165) is 53.5 Å². The summed E-state index contributed by atoms with van der Waals surface area (Å²) < 4.78 is 54.5. The number of hydrogen-bond donors (Lipinski definition) is 0. The van der Waals surface area contributed by atoms with E-state index >= 15 is 0 Å². The summed E-state index contributed by atoms with van der Waals surface area (Å²) in [7, 11) is -4.11. The third kappa shape index (κ3) is 3.27. The van der Waals surface area contributed by atoms with Gasteiger partial charge in [0.05, 0.1) is 5.39 Å². The zero-order chi connectivity index (χ0) is 20.9. The van der Waals surface area contributed by atoms with Crippen molar-refractivity contribution in [3.8, 4) is 0 Å². The molecule has 5 rings (SSSR count). The fourth-order valence-electron chi connectivity index (χ4n) is 4.27. The number of halogens is 2. The molecule has 0 spiro atoms. The fraction of sp³-hybridized carbons (Fsp3) is 0.400. The molecule has 3 aromatic rings. The maximum atomic E-state index is 14.1. The van der Waals surface area contributed by atoms with Crippen molar-refractivity contribution in [1.82, 2.24) is 14.3 Å². The maximum absolute atomic E-state index is 14.1. The molecule has 0 atom stereocenters. The van der Waals surface area contributed by atoms with Crippen LogP contribution in [0.5, 0.6) is 0 Å². The lowest BCUT2D eigenvalue weighted by atomic mass is 9.97. The molecule has 1 aliphatic carbocycles. The second-order valence-corrected chi connectivity index (χ2v) is 10.5. The number of aryl methyl sites for hydroxylation is 2. The minimum absolute atomic E-state index is 0.177. The summed E-state index contributed by atoms with van der Waals surface area (Å²) >= 11 is 1.72. The van der Waals surface area contributed by atoms with Gasteiger partial charge in [-0.25, -0.2) is 27.2 Å². The number of nitrogens with zero attached hydrogens (tertiary/aromatic N) is 4. The molecule has 1 saturated heterocycles. The number of hydrogen-bond acceptors (Lipinski definition) is 6. The van der Waals surface area contributed by atoms with Crippen LogP contribution < -0.4 is 4.90 Å². The number of sulfonamides is 1. The van der Waals surface area contributed by atoms with Crippen molar-refractivity contribution in [2.75, 3.05) is 31.1 Å². The van der Waals surface area contributed by atoms with Gasteiger partial charge in [0.2, 0.25) is 10.0 Å². The Balaban J connectivity index is 1.42. The van der Waals surface area contributed by atoms with Gasteiger partial charge in [0.15, 0.2) is 0 Å². The van der Waals surface area contributed by atoms with Crippen molar-refractivity contribution in [3.05, 3.63) is 46.6 Å². The molecular formula is C20H20F2N4O2S2. The second kappa shape index (κ2) is 7.51. The molecule has 0 amide bonds. The van der Waals surface area contributed by atoms with Crippen molar-refractivity contribution in [2.45, 2.75) is 30.6 Å². The first-order valence-corrected chi connectivity index (χ1v) is 12.2. The van der Waals surface area contributed by atoms with Crippen LogP contribution >= 0.6 is 11.3 Å². The Hall–Kier alpha value is -2.17. The first-order valence-electron chi connectivity index (χ1n) is 9.90. The zero-order valence-electron chi connectivity index (χ0n) is 16.1. The van der Waals surface area contributed by atoms with Gasteiger partial charge in [-0.15, -0.1) is 11.3 Å². The van der Waals surface area contributed by atoms with Crippen molar-refractivity contribution < 1.29 is 17.2 Å². The van der Waals surface area contributed by atoms with Gasteiger partial charge in [-0.2, -0.15) is 4.31 Å². The molecule has 1 aromatic carbocycles. The Morgan fingerprint density at radius 1 is 1.00 bits per heavy atom. The molecule has 3 heterocycles. The van der Waals surface area contributed by atoms with Gasteiger partial charge in [0, 0.05) is 31.1 Å². The molecule has 0 bridgehead atoms. The average molecular weight is 451 g/mol. The molecule has 1 fully saturated rings. The quantitative estimate of drug-likeness (QED) is 0.612. The molecule has 10 heteroatoms. The van der Waals surface area contributed by atoms with Gasteiger partial charge >= 0.3 is 0 Å². The van der Waals surface area contributed by atoms with E-state index < -0.39 is 26.6 Å². The van der Waals surface area contributed by atoms with E-state index in [4.69, 9.17) is 0 Å². The Morgan fingerprint density at radius 3 is 2.57 bits per heavy atom. The number of aromatic nitrogens is 2. The van der Waals surface area contributed by atoms with Gasteiger partial charge in [-0.05, 0) is 49.4 Å². The highest BCUT2D eigenvalue weighted by Gasteiger charge is 2.32. The summed E-state index contributed by atoms with van der Waals surface area (Å²) in [5, 5.41) is 1.09. The normalized spacial score (nSPS) is 18.0. The Morgan fingerprint density at radius 2 is 1.77 bits per heavy atom. The third-order valence-corrected chi connectivity index (χ3v) is 8.89. The van der Waals surface area contributed by atoms with Crippen LogP contribution in [0, 0.1) is 11.6 Å². The van der Waals surface area contributed by atoms with Crippen molar-refractivity contribution in [3.63, 3.8) is 0 Å². The molecule has 158 valence electrons. The Kier molecular flexibility index (Phi) is 4.95. The molecule has 0 radical (unpaired) electrons. The van der Waals surface area contributed by atoms with E-state index in [1.165, 1.54) is 21.2 Å². The average Bonchev–Trinajstić information content (AvgIpc) is 3.14. The van der Waals surface area contributed by atoms with Gasteiger partial charge in [-0.3, -0.25) is 0 Å². The predicted molar refractivity (Wildman–Crippen MR) is 111 cm³/mol. The zero-order valence-corrected chi connectivity index (χ0v) is 17.8. The molecule has 0 saturated carbocycles. The van der Waals surface area contributed by atoms with Crippen LogP contribution in [0.1, 0.15) is 23.3 Å². The number of benzene rings is 1. The molecule has 0 unspecified atom stereocenters. The van der Waals surface area contributed by atoms with Crippen LogP contribution in [-0.2, 0) is 22.9 Å². The summed E-state index contributed by atoms with van der Waals surface area (Å²) in [6.07, 6.45) is 5.99.